The molecule has 4 heteroatoms. The first-order chi connectivity index (χ1) is 7.60. The summed E-state index contributed by atoms with van der Waals surface area (Å²) in [5.41, 5.74) is 1.41. The number of methoxy groups -OCH3 is 1. The monoisotopic (exact) mass is 237 g/mol. The maximum absolute atomic E-state index is 11.2. The van der Waals surface area contributed by atoms with Crippen LogP contribution in [0.25, 0.3) is 0 Å². The van der Waals surface area contributed by atoms with Crippen molar-refractivity contribution in [2.75, 3.05) is 7.11 Å². The average molecular weight is 238 g/mol. The number of nitriles is 1. The lowest BCUT2D eigenvalue weighted by Crippen LogP contribution is -2.05. The van der Waals surface area contributed by atoms with Crippen molar-refractivity contribution in [1.29, 1.82) is 5.26 Å². The Morgan fingerprint density at radius 3 is 2.81 bits per heavy atom. The normalized spacial score (nSPS) is 11.6. The number of halogens is 1. The molecule has 3 nitrogen and oxygen atoms in total. The van der Waals surface area contributed by atoms with Gasteiger partial charge >= 0.3 is 0 Å². The number of nitrogens with zero attached hydrogens (tertiary/aromatic N) is 1. The fraction of sp³-hybridized carbons (Fsp3) is 0.333. The number of alkyl halides is 1. The highest BCUT2D eigenvalue weighted by molar-refractivity contribution is 6.30. The lowest BCUT2D eigenvalue weighted by Gasteiger charge is -2.12. The first-order valence-electron chi connectivity index (χ1n) is 4.78. The number of carbonyl (C=O) groups excluding carboxylic acids is 1. The van der Waals surface area contributed by atoms with Gasteiger partial charge in [0.25, 0.3) is 0 Å². The van der Waals surface area contributed by atoms with Crippen LogP contribution in [0, 0.1) is 11.3 Å². The largest absolute Gasteiger partial charge is 0.497 e. The molecule has 0 amide bonds. The molecule has 0 spiro atoms. The molecule has 16 heavy (non-hydrogen) atoms. The zero-order valence-corrected chi connectivity index (χ0v) is 9.91. The SMILES string of the molecule is COc1ccc(C(Cl)C(C)=O)c(CC#N)c1. The Morgan fingerprint density at radius 2 is 2.31 bits per heavy atom. The Kier molecular flexibility index (Phi) is 4.33. The highest BCUT2D eigenvalue weighted by atomic mass is 35.5. The van der Waals surface area contributed by atoms with E-state index >= 15 is 0 Å². The number of carbonyl (C=O) groups is 1. The summed E-state index contributed by atoms with van der Waals surface area (Å²) in [6, 6.07) is 7.23. The second-order valence-electron chi connectivity index (χ2n) is 3.37. The molecule has 0 radical (unpaired) electrons. The van der Waals surface area contributed by atoms with Gasteiger partial charge in [0.05, 0.1) is 19.6 Å². The molecule has 0 aliphatic heterocycles. The highest BCUT2D eigenvalue weighted by Gasteiger charge is 2.17. The molecular formula is C12H12ClNO2. The molecule has 0 bridgehead atoms. The molecule has 1 rings (SSSR count). The Labute approximate surface area is 99.6 Å². The fourth-order valence-electron chi connectivity index (χ4n) is 1.41. The van der Waals surface area contributed by atoms with Gasteiger partial charge in [-0.15, -0.1) is 11.6 Å². The number of rotatable bonds is 4. The van der Waals surface area contributed by atoms with Crippen molar-refractivity contribution in [3.63, 3.8) is 0 Å². The Bertz CT molecular complexity index is 437. The predicted octanol–water partition coefficient (Wildman–Crippen LogP) is 2.63. The van der Waals surface area contributed by atoms with Crippen molar-refractivity contribution >= 4 is 17.4 Å². The van der Waals surface area contributed by atoms with Gasteiger partial charge < -0.3 is 4.74 Å². The average Bonchev–Trinajstić information content (AvgIpc) is 2.28. The lowest BCUT2D eigenvalue weighted by atomic mass is 10.00. The molecule has 1 aromatic rings. The number of benzene rings is 1. The minimum absolute atomic E-state index is 0.133. The number of hydrogen-bond acceptors (Lipinski definition) is 3. The summed E-state index contributed by atoms with van der Waals surface area (Å²) in [4.78, 5) is 11.2. The van der Waals surface area contributed by atoms with Gasteiger partial charge in [-0.05, 0) is 30.2 Å². The molecule has 0 saturated carbocycles. The first-order valence-corrected chi connectivity index (χ1v) is 5.22. The van der Waals surface area contributed by atoms with Crippen LogP contribution in [0.1, 0.15) is 23.4 Å². The van der Waals surface area contributed by atoms with E-state index in [1.165, 1.54) is 6.92 Å². The van der Waals surface area contributed by atoms with E-state index in [0.717, 1.165) is 5.56 Å². The topological polar surface area (TPSA) is 50.1 Å². The summed E-state index contributed by atoms with van der Waals surface area (Å²) in [5.74, 6) is 0.521. The van der Waals surface area contributed by atoms with Crippen molar-refractivity contribution < 1.29 is 9.53 Å². The van der Waals surface area contributed by atoms with Crippen molar-refractivity contribution in [1.82, 2.24) is 0 Å². The molecular weight excluding hydrogens is 226 g/mol. The van der Waals surface area contributed by atoms with E-state index in [-0.39, 0.29) is 12.2 Å². The van der Waals surface area contributed by atoms with Crippen LogP contribution >= 0.6 is 11.6 Å². The third kappa shape index (κ3) is 2.74. The Hall–Kier alpha value is -1.53. The predicted molar refractivity (Wildman–Crippen MR) is 61.6 cm³/mol. The molecule has 84 valence electrons. The molecule has 0 N–H and O–H groups in total. The van der Waals surface area contributed by atoms with Crippen LogP contribution in [0.4, 0.5) is 0 Å². The van der Waals surface area contributed by atoms with Crippen LogP contribution in [0.15, 0.2) is 18.2 Å². The summed E-state index contributed by atoms with van der Waals surface area (Å²) in [6.45, 7) is 1.43. The number of ketones is 1. The van der Waals surface area contributed by atoms with Gasteiger partial charge in [0.15, 0.2) is 5.78 Å². The first kappa shape index (κ1) is 12.5. The van der Waals surface area contributed by atoms with Gasteiger partial charge in [-0.1, -0.05) is 6.07 Å². The number of Topliss-reactive ketones (excluding diaryl/α,β-unsaturated/α-hetero) is 1. The third-order valence-electron chi connectivity index (χ3n) is 2.25. The zero-order valence-electron chi connectivity index (χ0n) is 9.16. The smallest absolute Gasteiger partial charge is 0.152 e. The van der Waals surface area contributed by atoms with Crippen LogP contribution in [0.5, 0.6) is 5.75 Å². The standard InChI is InChI=1S/C12H12ClNO2/c1-8(15)12(13)11-4-3-10(16-2)7-9(11)5-6-14/h3-4,7,12H,5H2,1-2H3. The molecule has 0 aliphatic rings. The van der Waals surface area contributed by atoms with E-state index in [1.807, 2.05) is 6.07 Å². The maximum atomic E-state index is 11.2. The zero-order chi connectivity index (χ0) is 12.1. The van der Waals surface area contributed by atoms with Gasteiger partial charge in [0.2, 0.25) is 0 Å². The Balaban J connectivity index is 3.18. The van der Waals surface area contributed by atoms with Gasteiger partial charge in [0.1, 0.15) is 11.1 Å². The van der Waals surface area contributed by atoms with Gasteiger partial charge in [0, 0.05) is 0 Å². The van der Waals surface area contributed by atoms with Crippen LogP contribution in [-0.4, -0.2) is 12.9 Å². The maximum Gasteiger partial charge on any atom is 0.152 e. The minimum atomic E-state index is -0.700. The van der Waals surface area contributed by atoms with E-state index in [0.29, 0.717) is 11.3 Å². The second-order valence-corrected chi connectivity index (χ2v) is 3.81. The fourth-order valence-corrected chi connectivity index (χ4v) is 1.63. The van der Waals surface area contributed by atoms with Crippen LogP contribution in [0.2, 0.25) is 0 Å². The van der Waals surface area contributed by atoms with Crippen molar-refractivity contribution in [2.45, 2.75) is 18.7 Å². The van der Waals surface area contributed by atoms with Gasteiger partial charge in [-0.2, -0.15) is 5.26 Å². The summed E-state index contributed by atoms with van der Waals surface area (Å²) in [7, 11) is 1.55. The molecule has 0 fully saturated rings. The van der Waals surface area contributed by atoms with E-state index in [1.54, 1.807) is 25.3 Å². The molecule has 1 aromatic carbocycles. The second kappa shape index (κ2) is 5.53. The van der Waals surface area contributed by atoms with Gasteiger partial charge in [-0.25, -0.2) is 0 Å². The van der Waals surface area contributed by atoms with Crippen LogP contribution < -0.4 is 4.74 Å². The molecule has 0 aliphatic carbocycles. The van der Waals surface area contributed by atoms with Crippen molar-refractivity contribution in [3.8, 4) is 11.8 Å². The van der Waals surface area contributed by atoms with Crippen molar-refractivity contribution in [2.24, 2.45) is 0 Å². The number of ether oxygens (including phenoxy) is 1. The molecule has 1 unspecified atom stereocenters. The van der Waals surface area contributed by atoms with Crippen LogP contribution in [-0.2, 0) is 11.2 Å². The molecule has 0 saturated heterocycles. The highest BCUT2D eigenvalue weighted by Crippen LogP contribution is 2.28. The van der Waals surface area contributed by atoms with Gasteiger partial charge in [-0.3, -0.25) is 4.79 Å². The van der Waals surface area contributed by atoms with E-state index in [2.05, 4.69) is 0 Å². The van der Waals surface area contributed by atoms with Crippen molar-refractivity contribution in [3.05, 3.63) is 29.3 Å². The summed E-state index contributed by atoms with van der Waals surface area (Å²) >= 11 is 5.98. The summed E-state index contributed by atoms with van der Waals surface area (Å²) in [5, 5.41) is 8.01. The molecule has 1 atom stereocenters. The Morgan fingerprint density at radius 1 is 1.62 bits per heavy atom. The van der Waals surface area contributed by atoms with E-state index < -0.39 is 5.38 Å². The minimum Gasteiger partial charge on any atom is -0.497 e. The third-order valence-corrected chi connectivity index (χ3v) is 2.79. The summed E-state index contributed by atoms with van der Waals surface area (Å²) in [6.07, 6.45) is 0.211. The molecule has 0 heterocycles. The van der Waals surface area contributed by atoms with E-state index in [4.69, 9.17) is 21.6 Å². The summed E-state index contributed by atoms with van der Waals surface area (Å²) < 4.78 is 5.06. The van der Waals surface area contributed by atoms with Crippen LogP contribution in [0.3, 0.4) is 0 Å². The lowest BCUT2D eigenvalue weighted by molar-refractivity contribution is -0.116. The quantitative estimate of drug-likeness (QED) is 0.757. The molecule has 0 aromatic heterocycles. The van der Waals surface area contributed by atoms with E-state index in [9.17, 15) is 4.79 Å². The number of hydrogen-bond donors (Lipinski definition) is 0.